The van der Waals surface area contributed by atoms with E-state index in [2.05, 4.69) is 82.7 Å². The summed E-state index contributed by atoms with van der Waals surface area (Å²) in [5, 5.41) is 22.2. The second-order valence-corrected chi connectivity index (χ2v) is 8.56. The molecule has 0 spiro atoms. The first-order valence-corrected chi connectivity index (χ1v) is 10.7. The molecule has 6 rings (SSSR count). The van der Waals surface area contributed by atoms with Gasteiger partial charge in [-0.25, -0.2) is 0 Å². The number of hydrogen-bond acceptors (Lipinski definition) is 1. The van der Waals surface area contributed by atoms with E-state index < -0.39 is 0 Å². The number of rotatable bonds is 1. The zero-order valence-electron chi connectivity index (χ0n) is 17.0. The molecule has 6 aromatic rings. The molecule has 0 aliphatic rings. The first-order chi connectivity index (χ1) is 14.7. The Hall–Kier alpha value is -2.36. The third-order valence-corrected chi connectivity index (χ3v) is 6.59. The normalized spacial score (nSPS) is 11.3. The summed E-state index contributed by atoms with van der Waals surface area (Å²) in [6.07, 6.45) is 0. The van der Waals surface area contributed by atoms with Gasteiger partial charge in [-0.05, 0) is 79.0 Å². The second kappa shape index (κ2) is 7.96. The van der Waals surface area contributed by atoms with Crippen LogP contribution in [0.15, 0.2) is 102 Å². The van der Waals surface area contributed by atoms with Crippen LogP contribution >= 0.6 is 15.9 Å². The molecule has 0 amide bonds. The minimum atomic E-state index is 0. The Kier molecular flexibility index (Phi) is 5.27. The first kappa shape index (κ1) is 20.5. The molecule has 0 aromatic heterocycles. The summed E-state index contributed by atoms with van der Waals surface area (Å²) >= 11 is 3.75. The number of hydrogen-bond donors (Lipinski definition) is 0. The van der Waals surface area contributed by atoms with Crippen LogP contribution < -0.4 is 34.7 Å². The van der Waals surface area contributed by atoms with Gasteiger partial charge in [-0.15, -0.1) is 5.75 Å². The van der Waals surface area contributed by atoms with Crippen molar-refractivity contribution in [3.8, 4) is 16.9 Å². The summed E-state index contributed by atoms with van der Waals surface area (Å²) in [4.78, 5) is 0. The molecule has 6 aromatic carbocycles. The van der Waals surface area contributed by atoms with Crippen molar-refractivity contribution in [3.63, 3.8) is 0 Å². The molecular formula is C28H16BrNaO. The molecule has 142 valence electrons. The van der Waals surface area contributed by atoms with Gasteiger partial charge in [-0.2, -0.15) is 0 Å². The van der Waals surface area contributed by atoms with E-state index in [1.54, 1.807) is 6.07 Å². The Bertz CT molecular complexity index is 1500. The van der Waals surface area contributed by atoms with Crippen LogP contribution in [0.1, 0.15) is 0 Å². The fourth-order valence-corrected chi connectivity index (χ4v) is 5.04. The van der Waals surface area contributed by atoms with E-state index in [9.17, 15) is 5.11 Å². The van der Waals surface area contributed by atoms with Crippen molar-refractivity contribution >= 4 is 59.0 Å². The van der Waals surface area contributed by atoms with Crippen molar-refractivity contribution in [1.82, 2.24) is 0 Å². The van der Waals surface area contributed by atoms with Gasteiger partial charge in [-0.3, -0.25) is 0 Å². The van der Waals surface area contributed by atoms with Gasteiger partial charge in [0.2, 0.25) is 0 Å². The largest absolute Gasteiger partial charge is 1.00 e. The van der Waals surface area contributed by atoms with Crippen molar-refractivity contribution in [2.45, 2.75) is 0 Å². The van der Waals surface area contributed by atoms with Crippen molar-refractivity contribution in [1.29, 1.82) is 0 Å². The van der Waals surface area contributed by atoms with Gasteiger partial charge < -0.3 is 5.11 Å². The van der Waals surface area contributed by atoms with E-state index in [4.69, 9.17) is 0 Å². The number of benzene rings is 6. The van der Waals surface area contributed by atoms with Gasteiger partial charge in [-0.1, -0.05) is 82.7 Å². The van der Waals surface area contributed by atoms with Crippen LogP contribution in [0, 0.1) is 0 Å². The number of halogens is 1. The van der Waals surface area contributed by atoms with Crippen LogP contribution in [0.25, 0.3) is 54.2 Å². The van der Waals surface area contributed by atoms with Gasteiger partial charge in [0.25, 0.3) is 0 Å². The van der Waals surface area contributed by atoms with Crippen LogP contribution in [0.5, 0.6) is 5.75 Å². The third-order valence-electron chi connectivity index (χ3n) is 5.93. The standard InChI is InChI=1S/C28H17BrO.Na/c29-25-11-9-21-13-17-5-1-3-7-19(17)15-23(21)27(25)28-24-16-20-8-4-2-6-18(20)14-22(24)10-12-26(28)30;/h1-16,30H;/q;+1/p-1. The zero-order chi connectivity index (χ0) is 20.2. The van der Waals surface area contributed by atoms with Crippen LogP contribution in [-0.2, 0) is 0 Å². The van der Waals surface area contributed by atoms with Crippen LogP contribution in [0.4, 0.5) is 0 Å². The maximum absolute atomic E-state index is 13.2. The molecule has 0 bridgehead atoms. The Balaban J connectivity index is 0.00000204. The molecule has 0 heterocycles. The van der Waals surface area contributed by atoms with Gasteiger partial charge in [0, 0.05) is 10.0 Å². The summed E-state index contributed by atoms with van der Waals surface area (Å²) in [6.45, 7) is 0. The van der Waals surface area contributed by atoms with E-state index in [0.29, 0.717) is 0 Å². The van der Waals surface area contributed by atoms with Gasteiger partial charge in [0.1, 0.15) is 0 Å². The Labute approximate surface area is 210 Å². The molecular weight excluding hydrogens is 455 g/mol. The van der Waals surface area contributed by atoms with Gasteiger partial charge in [0.05, 0.1) is 0 Å². The molecule has 0 atom stereocenters. The van der Waals surface area contributed by atoms with Crippen molar-refractivity contribution in [2.24, 2.45) is 0 Å². The minimum Gasteiger partial charge on any atom is -0.872 e. The molecule has 0 aliphatic carbocycles. The topological polar surface area (TPSA) is 23.1 Å². The van der Waals surface area contributed by atoms with E-state index in [1.165, 1.54) is 16.2 Å². The predicted octanol–water partition coefficient (Wildman–Crippen LogP) is 4.81. The predicted molar refractivity (Wildman–Crippen MR) is 129 cm³/mol. The third kappa shape index (κ3) is 3.35. The molecule has 1 nitrogen and oxygen atoms in total. The van der Waals surface area contributed by atoms with Gasteiger partial charge >= 0.3 is 29.6 Å². The second-order valence-electron chi connectivity index (χ2n) is 7.70. The van der Waals surface area contributed by atoms with E-state index in [1.807, 2.05) is 24.3 Å². The Morgan fingerprint density at radius 3 is 1.48 bits per heavy atom. The molecule has 0 saturated heterocycles. The smallest absolute Gasteiger partial charge is 0.872 e. The molecule has 0 N–H and O–H groups in total. The van der Waals surface area contributed by atoms with E-state index in [0.717, 1.165) is 42.5 Å². The quantitative estimate of drug-likeness (QED) is 0.250. The number of fused-ring (bicyclic) bond motifs is 4. The summed E-state index contributed by atoms with van der Waals surface area (Å²) in [5.74, 6) is 0.0409. The summed E-state index contributed by atoms with van der Waals surface area (Å²) in [5.41, 5.74) is 1.72. The Morgan fingerprint density at radius 2 is 0.935 bits per heavy atom. The molecule has 0 saturated carbocycles. The summed E-state index contributed by atoms with van der Waals surface area (Å²) < 4.78 is 0.933. The van der Waals surface area contributed by atoms with Gasteiger partial charge in [0.15, 0.2) is 0 Å². The molecule has 0 aliphatic heterocycles. The fraction of sp³-hybridized carbons (Fsp3) is 0. The molecule has 0 unspecified atom stereocenters. The average Bonchev–Trinajstić information content (AvgIpc) is 2.77. The fourth-order valence-electron chi connectivity index (χ4n) is 4.49. The molecule has 0 fully saturated rings. The monoisotopic (exact) mass is 470 g/mol. The van der Waals surface area contributed by atoms with Crippen LogP contribution in [-0.4, -0.2) is 0 Å². The van der Waals surface area contributed by atoms with Crippen molar-refractivity contribution in [3.05, 3.63) is 102 Å². The zero-order valence-corrected chi connectivity index (χ0v) is 20.6. The molecule has 0 radical (unpaired) electrons. The Morgan fingerprint density at radius 1 is 0.484 bits per heavy atom. The van der Waals surface area contributed by atoms with Crippen molar-refractivity contribution in [2.75, 3.05) is 0 Å². The SMILES string of the molecule is [Na+].[O-]c1ccc2cc3ccccc3cc2c1-c1c(Br)ccc2cc3ccccc3cc12. The summed E-state index contributed by atoms with van der Waals surface area (Å²) in [7, 11) is 0. The first-order valence-electron chi connectivity index (χ1n) is 9.93. The van der Waals surface area contributed by atoms with E-state index in [-0.39, 0.29) is 35.3 Å². The minimum absolute atomic E-state index is 0. The van der Waals surface area contributed by atoms with Crippen LogP contribution in [0.2, 0.25) is 0 Å². The molecule has 3 heteroatoms. The van der Waals surface area contributed by atoms with Crippen LogP contribution in [0.3, 0.4) is 0 Å². The van der Waals surface area contributed by atoms with E-state index >= 15 is 0 Å². The maximum Gasteiger partial charge on any atom is 1.00 e. The molecule has 31 heavy (non-hydrogen) atoms. The summed E-state index contributed by atoms with van der Waals surface area (Å²) in [6, 6.07) is 33.1. The van der Waals surface area contributed by atoms with Crippen molar-refractivity contribution < 1.29 is 34.7 Å². The average molecular weight is 471 g/mol. The maximum atomic E-state index is 13.2.